The number of benzene rings is 1. The number of anilines is 1. The number of hydrogen-bond donors (Lipinski definition) is 0. The van der Waals surface area contributed by atoms with Gasteiger partial charge in [0.15, 0.2) is 0 Å². The van der Waals surface area contributed by atoms with Crippen molar-refractivity contribution < 1.29 is 22.8 Å². The molecule has 142 valence electrons. The van der Waals surface area contributed by atoms with Crippen molar-refractivity contribution in [1.29, 1.82) is 0 Å². The minimum Gasteiger partial charge on any atom is -0.370 e. The lowest BCUT2D eigenvalue weighted by molar-refractivity contribution is -0.389. The van der Waals surface area contributed by atoms with E-state index in [2.05, 4.69) is 4.98 Å². The van der Waals surface area contributed by atoms with Crippen LogP contribution in [0.2, 0.25) is 0 Å². The first-order valence-electron chi connectivity index (χ1n) is 7.98. The number of ether oxygens (including phenoxy) is 1. The van der Waals surface area contributed by atoms with Gasteiger partial charge in [0.05, 0.1) is 18.7 Å². The van der Waals surface area contributed by atoms with Crippen molar-refractivity contribution in [2.45, 2.75) is 12.3 Å². The molecule has 3 heterocycles. The van der Waals surface area contributed by atoms with Gasteiger partial charge in [0.2, 0.25) is 5.82 Å². The second-order valence-electron chi connectivity index (χ2n) is 6.00. The number of halogens is 3. The van der Waals surface area contributed by atoms with E-state index in [1.807, 2.05) is 0 Å². The molecular weight excluding hydrogens is 385 g/mol. The Bertz CT molecular complexity index is 1000. The highest BCUT2D eigenvalue weighted by atomic mass is 32.1. The number of nitro groups is 1. The summed E-state index contributed by atoms with van der Waals surface area (Å²) in [7, 11) is 0. The Kier molecular flexibility index (Phi) is 4.27. The number of rotatable bonds is 3. The van der Waals surface area contributed by atoms with Gasteiger partial charge in [-0.15, -0.1) is 0 Å². The van der Waals surface area contributed by atoms with Crippen LogP contribution in [-0.2, 0) is 10.9 Å². The molecular formula is C16H13F3N4O3S. The average Bonchev–Trinajstić information content (AvgIpc) is 3.22. The van der Waals surface area contributed by atoms with E-state index >= 15 is 0 Å². The lowest BCUT2D eigenvalue weighted by Crippen LogP contribution is -2.39. The number of hydrogen-bond acceptors (Lipinski definition) is 6. The fourth-order valence-corrected chi connectivity index (χ4v) is 3.81. The van der Waals surface area contributed by atoms with Crippen molar-refractivity contribution in [3.63, 3.8) is 0 Å². The highest BCUT2D eigenvalue weighted by Crippen LogP contribution is 2.36. The number of nitrogens with zero attached hydrogens (tertiary/aromatic N) is 4. The van der Waals surface area contributed by atoms with E-state index < -0.39 is 22.8 Å². The maximum atomic E-state index is 13.0. The Hall–Kier alpha value is -2.66. The van der Waals surface area contributed by atoms with Crippen molar-refractivity contribution in [3.8, 4) is 0 Å². The second kappa shape index (κ2) is 6.50. The molecule has 7 nitrogen and oxygen atoms in total. The first-order valence-corrected chi connectivity index (χ1v) is 8.86. The molecule has 0 radical (unpaired) electrons. The maximum absolute atomic E-state index is 13.0. The number of fused-ring (bicyclic) bond motifs is 1. The number of alkyl halides is 3. The van der Waals surface area contributed by atoms with Crippen molar-refractivity contribution in [3.05, 3.63) is 57.1 Å². The third-order valence-corrected chi connectivity index (χ3v) is 5.10. The Morgan fingerprint density at radius 3 is 2.93 bits per heavy atom. The highest BCUT2D eigenvalue weighted by molar-refractivity contribution is 7.15. The quantitative estimate of drug-likeness (QED) is 0.494. The van der Waals surface area contributed by atoms with Gasteiger partial charge in [0.1, 0.15) is 12.3 Å². The summed E-state index contributed by atoms with van der Waals surface area (Å²) in [4.78, 5) is 17.5. The molecule has 2 aromatic heterocycles. The van der Waals surface area contributed by atoms with Crippen LogP contribution in [0.3, 0.4) is 0 Å². The molecule has 0 saturated carbocycles. The van der Waals surface area contributed by atoms with Gasteiger partial charge in [-0.25, -0.2) is 0 Å². The lowest BCUT2D eigenvalue weighted by atomic mass is 10.0. The number of imidazole rings is 1. The highest BCUT2D eigenvalue weighted by Gasteiger charge is 2.34. The summed E-state index contributed by atoms with van der Waals surface area (Å²) in [6.45, 7) is 0.761. The van der Waals surface area contributed by atoms with E-state index in [1.165, 1.54) is 21.8 Å². The minimum atomic E-state index is -4.45. The molecule has 4 rings (SSSR count). The van der Waals surface area contributed by atoms with Gasteiger partial charge in [-0.05, 0) is 22.6 Å². The zero-order chi connectivity index (χ0) is 19.2. The van der Waals surface area contributed by atoms with Crippen LogP contribution < -0.4 is 4.90 Å². The van der Waals surface area contributed by atoms with E-state index in [9.17, 15) is 23.3 Å². The molecule has 1 atom stereocenters. The molecule has 0 amide bonds. The van der Waals surface area contributed by atoms with Crippen LogP contribution in [0.5, 0.6) is 0 Å². The standard InChI is InChI=1S/C16H13F3N4O3S/c17-16(18,19)11-3-1-2-10(8-11)12-9-21(4-6-26-12)13-14(23(24)25)22-5-7-27-15(22)20-13/h1-3,5,7-8,12H,4,6,9H2. The van der Waals surface area contributed by atoms with Crippen molar-refractivity contribution >= 4 is 27.9 Å². The SMILES string of the molecule is O=[N+]([O-])c1c(N2CCOC(c3cccc(C(F)(F)F)c3)C2)nc2sccn12. The van der Waals surface area contributed by atoms with Crippen LogP contribution in [0.1, 0.15) is 17.2 Å². The molecule has 1 aliphatic rings. The molecule has 0 spiro atoms. The molecule has 1 aliphatic heterocycles. The van der Waals surface area contributed by atoms with Crippen molar-refractivity contribution in [2.75, 3.05) is 24.6 Å². The van der Waals surface area contributed by atoms with E-state index in [0.29, 0.717) is 17.1 Å². The van der Waals surface area contributed by atoms with Gasteiger partial charge in [0, 0.05) is 11.9 Å². The Morgan fingerprint density at radius 2 is 2.19 bits per heavy atom. The number of morpholine rings is 1. The molecule has 27 heavy (non-hydrogen) atoms. The number of thiazole rings is 1. The van der Waals surface area contributed by atoms with E-state index in [-0.39, 0.29) is 24.8 Å². The van der Waals surface area contributed by atoms with Crippen LogP contribution in [0.15, 0.2) is 35.8 Å². The number of aromatic nitrogens is 2. The summed E-state index contributed by atoms with van der Waals surface area (Å²) < 4.78 is 45.9. The fourth-order valence-electron chi connectivity index (χ4n) is 3.10. The van der Waals surface area contributed by atoms with Crippen molar-refractivity contribution in [2.24, 2.45) is 0 Å². The lowest BCUT2D eigenvalue weighted by Gasteiger charge is -2.33. The molecule has 11 heteroatoms. The average molecular weight is 398 g/mol. The summed E-state index contributed by atoms with van der Waals surface area (Å²) in [6, 6.07) is 4.94. The summed E-state index contributed by atoms with van der Waals surface area (Å²) in [5.41, 5.74) is -0.382. The predicted molar refractivity (Wildman–Crippen MR) is 92.1 cm³/mol. The van der Waals surface area contributed by atoms with Crippen molar-refractivity contribution in [1.82, 2.24) is 9.38 Å². The molecule has 1 fully saturated rings. The Balaban J connectivity index is 1.65. The smallest absolute Gasteiger partial charge is 0.370 e. The van der Waals surface area contributed by atoms with E-state index in [1.54, 1.807) is 22.5 Å². The third-order valence-electron chi connectivity index (χ3n) is 4.34. The van der Waals surface area contributed by atoms with Crippen LogP contribution in [0.25, 0.3) is 4.96 Å². The zero-order valence-electron chi connectivity index (χ0n) is 13.7. The first kappa shape index (κ1) is 17.7. The van der Waals surface area contributed by atoms with Crippen LogP contribution in [-0.4, -0.2) is 34.0 Å². The zero-order valence-corrected chi connectivity index (χ0v) is 14.5. The normalized spacial score (nSPS) is 18.2. The fraction of sp³-hybridized carbons (Fsp3) is 0.312. The summed E-state index contributed by atoms with van der Waals surface area (Å²) in [5.74, 6) is 0.0445. The van der Waals surface area contributed by atoms with Gasteiger partial charge in [-0.1, -0.05) is 23.5 Å². The maximum Gasteiger partial charge on any atom is 0.416 e. The van der Waals surface area contributed by atoms with Gasteiger partial charge in [-0.3, -0.25) is 0 Å². The molecule has 1 saturated heterocycles. The summed E-state index contributed by atoms with van der Waals surface area (Å²) >= 11 is 1.27. The van der Waals surface area contributed by atoms with E-state index in [0.717, 1.165) is 12.1 Å². The van der Waals surface area contributed by atoms with Crippen LogP contribution in [0, 0.1) is 10.1 Å². The first-order chi connectivity index (χ1) is 12.8. The minimum absolute atomic E-state index is 0.157. The Morgan fingerprint density at radius 1 is 1.37 bits per heavy atom. The topological polar surface area (TPSA) is 72.9 Å². The predicted octanol–water partition coefficient (Wildman–Crippen LogP) is 3.90. The van der Waals surface area contributed by atoms with Gasteiger partial charge < -0.3 is 19.8 Å². The molecule has 0 aliphatic carbocycles. The van der Waals surface area contributed by atoms with Gasteiger partial charge in [0.25, 0.3) is 4.96 Å². The largest absolute Gasteiger partial charge is 0.416 e. The molecule has 1 unspecified atom stereocenters. The molecule has 0 bridgehead atoms. The van der Waals surface area contributed by atoms with Gasteiger partial charge in [-0.2, -0.15) is 22.6 Å². The molecule has 1 aromatic carbocycles. The van der Waals surface area contributed by atoms with Gasteiger partial charge >= 0.3 is 12.0 Å². The van der Waals surface area contributed by atoms with Crippen LogP contribution >= 0.6 is 11.3 Å². The van der Waals surface area contributed by atoms with Crippen LogP contribution in [0.4, 0.5) is 24.8 Å². The summed E-state index contributed by atoms with van der Waals surface area (Å²) in [6.07, 6.45) is -3.52. The van der Waals surface area contributed by atoms with E-state index in [4.69, 9.17) is 4.74 Å². The summed E-state index contributed by atoms with van der Waals surface area (Å²) in [5, 5.41) is 13.2. The Labute approximate surface area is 154 Å². The second-order valence-corrected chi connectivity index (χ2v) is 6.87. The molecule has 0 N–H and O–H groups in total. The third kappa shape index (κ3) is 3.23. The monoisotopic (exact) mass is 398 g/mol. The molecule has 3 aromatic rings.